The molecule has 2 aromatic rings. The van der Waals surface area contributed by atoms with E-state index < -0.39 is 5.60 Å². The summed E-state index contributed by atoms with van der Waals surface area (Å²) in [6.07, 6.45) is 2.75. The third-order valence-electron chi connectivity index (χ3n) is 4.74. The Bertz CT molecular complexity index is 577. The van der Waals surface area contributed by atoms with Crippen molar-refractivity contribution in [3.8, 4) is 0 Å². The molecule has 23 heavy (non-hydrogen) atoms. The van der Waals surface area contributed by atoms with Crippen LogP contribution in [0.2, 0.25) is 0 Å². The van der Waals surface area contributed by atoms with E-state index in [1.54, 1.807) is 0 Å². The first kappa shape index (κ1) is 16.0. The molecule has 0 saturated carbocycles. The topological polar surface area (TPSA) is 35.5 Å². The lowest BCUT2D eigenvalue weighted by atomic mass is 9.91. The van der Waals surface area contributed by atoms with Crippen LogP contribution >= 0.6 is 0 Å². The lowest BCUT2D eigenvalue weighted by Crippen LogP contribution is -2.48. The van der Waals surface area contributed by atoms with E-state index in [-0.39, 0.29) is 0 Å². The summed E-state index contributed by atoms with van der Waals surface area (Å²) in [7, 11) is 0. The fraction of sp³-hybridized carbons (Fsp3) is 0.400. The quantitative estimate of drug-likeness (QED) is 0.860. The van der Waals surface area contributed by atoms with E-state index >= 15 is 0 Å². The Balaban J connectivity index is 1.42. The number of hydrogen-bond acceptors (Lipinski definition) is 3. The monoisotopic (exact) mass is 310 g/mol. The molecule has 0 amide bonds. The lowest BCUT2D eigenvalue weighted by molar-refractivity contribution is -0.00970. The number of aliphatic hydroxyl groups is 1. The Kier molecular flexibility index (Phi) is 5.31. The summed E-state index contributed by atoms with van der Waals surface area (Å²) in [4.78, 5) is 2.46. The molecule has 3 rings (SSSR count). The second-order valence-electron chi connectivity index (χ2n) is 6.52. The first-order chi connectivity index (χ1) is 11.2. The van der Waals surface area contributed by atoms with Gasteiger partial charge in [0.05, 0.1) is 5.60 Å². The Morgan fingerprint density at radius 3 is 2.17 bits per heavy atom. The molecule has 1 saturated heterocycles. The van der Waals surface area contributed by atoms with Gasteiger partial charge < -0.3 is 15.3 Å². The van der Waals surface area contributed by atoms with Gasteiger partial charge >= 0.3 is 0 Å². The average molecular weight is 310 g/mol. The normalized spacial score (nSPS) is 17.8. The predicted octanol–water partition coefficient (Wildman–Crippen LogP) is 3.17. The molecule has 1 fully saturated rings. The van der Waals surface area contributed by atoms with Crippen LogP contribution in [0.15, 0.2) is 60.7 Å². The molecule has 3 heteroatoms. The summed E-state index contributed by atoms with van der Waals surface area (Å²) in [6.45, 7) is 3.65. The minimum Gasteiger partial charge on any atom is -0.388 e. The maximum Gasteiger partial charge on any atom is 0.0843 e. The maximum atomic E-state index is 10.7. The van der Waals surface area contributed by atoms with Crippen LogP contribution in [0.5, 0.6) is 0 Å². The molecule has 0 bridgehead atoms. The molecule has 3 nitrogen and oxygen atoms in total. The Hall–Kier alpha value is -1.84. The summed E-state index contributed by atoms with van der Waals surface area (Å²) < 4.78 is 0. The lowest BCUT2D eigenvalue weighted by Gasteiger charge is -2.38. The Labute approximate surface area is 139 Å². The fourth-order valence-electron chi connectivity index (χ4n) is 3.12. The van der Waals surface area contributed by atoms with Gasteiger partial charge in [0.15, 0.2) is 0 Å². The predicted molar refractivity (Wildman–Crippen MR) is 95.7 cm³/mol. The first-order valence-electron chi connectivity index (χ1n) is 8.51. The Morgan fingerprint density at radius 2 is 1.52 bits per heavy atom. The smallest absolute Gasteiger partial charge is 0.0843 e. The van der Waals surface area contributed by atoms with Crippen molar-refractivity contribution in [2.45, 2.75) is 24.9 Å². The standard InChI is InChI=1S/C20H26N2O/c23-20(17-21-19-9-5-2-6-10-19)12-15-22(16-13-20)14-11-18-7-3-1-4-8-18/h1-10,21,23H,11-17H2. The molecule has 0 unspecified atom stereocenters. The molecular weight excluding hydrogens is 284 g/mol. The highest BCUT2D eigenvalue weighted by molar-refractivity contribution is 5.42. The molecule has 0 radical (unpaired) electrons. The number of rotatable bonds is 6. The van der Waals surface area contributed by atoms with Gasteiger partial charge in [0, 0.05) is 31.9 Å². The van der Waals surface area contributed by atoms with Crippen molar-refractivity contribution in [1.29, 1.82) is 0 Å². The van der Waals surface area contributed by atoms with Crippen LogP contribution < -0.4 is 5.32 Å². The number of para-hydroxylation sites is 1. The molecular formula is C20H26N2O. The van der Waals surface area contributed by atoms with Crippen LogP contribution in [0.25, 0.3) is 0 Å². The average Bonchev–Trinajstić information content (AvgIpc) is 2.62. The Morgan fingerprint density at radius 1 is 0.913 bits per heavy atom. The van der Waals surface area contributed by atoms with E-state index in [0.717, 1.165) is 44.6 Å². The molecule has 0 spiro atoms. The molecule has 1 aliphatic rings. The van der Waals surface area contributed by atoms with Gasteiger partial charge in [0.2, 0.25) is 0 Å². The fourth-order valence-corrected chi connectivity index (χ4v) is 3.12. The molecule has 122 valence electrons. The number of nitrogens with zero attached hydrogens (tertiary/aromatic N) is 1. The van der Waals surface area contributed by atoms with Crippen molar-refractivity contribution in [3.63, 3.8) is 0 Å². The van der Waals surface area contributed by atoms with Gasteiger partial charge in [0.25, 0.3) is 0 Å². The van der Waals surface area contributed by atoms with Crippen LogP contribution in [0.4, 0.5) is 5.69 Å². The highest BCUT2D eigenvalue weighted by atomic mass is 16.3. The summed E-state index contributed by atoms with van der Waals surface area (Å²) >= 11 is 0. The van der Waals surface area contributed by atoms with Crippen LogP contribution in [0, 0.1) is 0 Å². The van der Waals surface area contributed by atoms with Gasteiger partial charge in [-0.3, -0.25) is 0 Å². The van der Waals surface area contributed by atoms with E-state index in [4.69, 9.17) is 0 Å². The van der Waals surface area contributed by atoms with E-state index in [0.29, 0.717) is 6.54 Å². The van der Waals surface area contributed by atoms with Gasteiger partial charge in [-0.15, -0.1) is 0 Å². The highest BCUT2D eigenvalue weighted by Crippen LogP contribution is 2.23. The summed E-state index contributed by atoms with van der Waals surface area (Å²) in [5, 5.41) is 14.1. The third kappa shape index (κ3) is 4.81. The van der Waals surface area contributed by atoms with Crippen LogP contribution in [-0.2, 0) is 6.42 Å². The van der Waals surface area contributed by atoms with Crippen molar-refractivity contribution in [3.05, 3.63) is 66.2 Å². The van der Waals surface area contributed by atoms with Gasteiger partial charge in [-0.25, -0.2) is 0 Å². The summed E-state index contributed by atoms with van der Waals surface area (Å²) in [6, 6.07) is 20.7. The molecule has 1 heterocycles. The zero-order chi connectivity index (χ0) is 16.0. The second kappa shape index (κ2) is 7.62. The van der Waals surface area contributed by atoms with Gasteiger partial charge in [0.1, 0.15) is 0 Å². The van der Waals surface area contributed by atoms with E-state index in [2.05, 4.69) is 40.5 Å². The zero-order valence-electron chi connectivity index (χ0n) is 13.6. The molecule has 0 aliphatic carbocycles. The zero-order valence-corrected chi connectivity index (χ0v) is 13.6. The van der Waals surface area contributed by atoms with Crippen molar-refractivity contribution in [1.82, 2.24) is 4.90 Å². The van der Waals surface area contributed by atoms with Gasteiger partial charge in [-0.05, 0) is 37.0 Å². The number of anilines is 1. The number of nitrogens with one attached hydrogen (secondary N) is 1. The second-order valence-corrected chi connectivity index (χ2v) is 6.52. The van der Waals surface area contributed by atoms with Crippen LogP contribution in [-0.4, -0.2) is 41.8 Å². The van der Waals surface area contributed by atoms with E-state index in [9.17, 15) is 5.11 Å². The summed E-state index contributed by atoms with van der Waals surface area (Å²) in [5.74, 6) is 0. The third-order valence-corrected chi connectivity index (χ3v) is 4.74. The highest BCUT2D eigenvalue weighted by Gasteiger charge is 2.31. The minimum absolute atomic E-state index is 0.584. The number of hydrogen-bond donors (Lipinski definition) is 2. The number of piperidine rings is 1. The minimum atomic E-state index is -0.584. The van der Waals surface area contributed by atoms with Crippen LogP contribution in [0.3, 0.4) is 0 Å². The van der Waals surface area contributed by atoms with Crippen LogP contribution in [0.1, 0.15) is 18.4 Å². The SMILES string of the molecule is OC1(CNc2ccccc2)CCN(CCc2ccccc2)CC1. The molecule has 2 aromatic carbocycles. The van der Waals surface area contributed by atoms with Crippen molar-refractivity contribution in [2.24, 2.45) is 0 Å². The largest absolute Gasteiger partial charge is 0.388 e. The van der Waals surface area contributed by atoms with Gasteiger partial charge in [-0.1, -0.05) is 48.5 Å². The van der Waals surface area contributed by atoms with E-state index in [1.807, 2.05) is 30.3 Å². The molecule has 1 aliphatic heterocycles. The van der Waals surface area contributed by atoms with Crippen molar-refractivity contribution in [2.75, 3.05) is 31.5 Å². The molecule has 2 N–H and O–H groups in total. The van der Waals surface area contributed by atoms with E-state index in [1.165, 1.54) is 5.56 Å². The van der Waals surface area contributed by atoms with Crippen molar-refractivity contribution < 1.29 is 5.11 Å². The molecule has 0 aromatic heterocycles. The number of likely N-dealkylation sites (tertiary alicyclic amines) is 1. The molecule has 0 atom stereocenters. The van der Waals surface area contributed by atoms with Gasteiger partial charge in [-0.2, -0.15) is 0 Å². The summed E-state index contributed by atoms with van der Waals surface area (Å²) in [5.41, 5.74) is 1.88. The first-order valence-corrected chi connectivity index (χ1v) is 8.51. The van der Waals surface area contributed by atoms with Crippen molar-refractivity contribution >= 4 is 5.69 Å². The maximum absolute atomic E-state index is 10.7. The number of benzene rings is 2.